The molecule has 1 heterocycles. The van der Waals surface area contributed by atoms with E-state index in [1.54, 1.807) is 0 Å². The van der Waals surface area contributed by atoms with Crippen LogP contribution in [0.3, 0.4) is 0 Å². The molecule has 0 bridgehead atoms. The van der Waals surface area contributed by atoms with Crippen LogP contribution < -0.4 is 5.32 Å². The third-order valence-corrected chi connectivity index (χ3v) is 5.76. The van der Waals surface area contributed by atoms with Crippen molar-refractivity contribution < 1.29 is 0 Å². The molecule has 0 aromatic rings. The van der Waals surface area contributed by atoms with Crippen molar-refractivity contribution in [2.75, 3.05) is 19.3 Å². The van der Waals surface area contributed by atoms with Gasteiger partial charge in [-0.1, -0.05) is 25.1 Å². The molecule has 2 aliphatic rings. The molecule has 0 amide bonds. The molecule has 0 saturated heterocycles. The van der Waals surface area contributed by atoms with Gasteiger partial charge in [-0.15, -0.1) is 0 Å². The van der Waals surface area contributed by atoms with Gasteiger partial charge >= 0.3 is 0 Å². The van der Waals surface area contributed by atoms with E-state index in [-0.39, 0.29) is 0 Å². The van der Waals surface area contributed by atoms with Crippen LogP contribution >= 0.6 is 23.5 Å². The Kier molecular flexibility index (Phi) is 3.88. The molecule has 1 saturated carbocycles. The second-order valence-corrected chi connectivity index (χ2v) is 6.98. The minimum Gasteiger partial charge on any atom is -0.364 e. The van der Waals surface area contributed by atoms with Gasteiger partial charge in [-0.3, -0.25) is 4.99 Å². The second kappa shape index (κ2) is 5.00. The summed E-state index contributed by atoms with van der Waals surface area (Å²) in [5.74, 6) is 0. The summed E-state index contributed by atoms with van der Waals surface area (Å²) in [6.45, 7) is 4.38. The summed E-state index contributed by atoms with van der Waals surface area (Å²) in [6, 6.07) is 0. The maximum atomic E-state index is 4.56. The molecule has 1 N–H and O–H groups in total. The van der Waals surface area contributed by atoms with Crippen molar-refractivity contribution >= 4 is 28.7 Å². The number of nitrogens with zero attached hydrogens (tertiary/aromatic N) is 1. The van der Waals surface area contributed by atoms with Gasteiger partial charge in [0.1, 0.15) is 0 Å². The molecule has 0 aromatic carbocycles. The molecule has 86 valence electrons. The molecule has 0 spiro atoms. The number of nitrogens with one attached hydrogen (secondary N) is 1. The molecule has 4 heteroatoms. The second-order valence-electron chi connectivity index (χ2n) is 4.42. The highest BCUT2D eigenvalue weighted by Gasteiger charge is 2.42. The minimum atomic E-state index is 0.548. The van der Waals surface area contributed by atoms with E-state index in [2.05, 4.69) is 23.5 Å². The normalized spacial score (nSPS) is 27.6. The topological polar surface area (TPSA) is 24.4 Å². The fraction of sp³-hybridized carbons (Fsp3) is 0.909. The summed E-state index contributed by atoms with van der Waals surface area (Å²) in [6.07, 6.45) is 7.54. The molecule has 1 aliphatic heterocycles. The van der Waals surface area contributed by atoms with E-state index in [1.165, 1.54) is 30.9 Å². The summed E-state index contributed by atoms with van der Waals surface area (Å²) in [4.78, 5) is 4.56. The van der Waals surface area contributed by atoms with Crippen molar-refractivity contribution in [2.24, 2.45) is 4.99 Å². The molecular weight excluding hydrogens is 224 g/mol. The Labute approximate surface area is 101 Å². The number of hydrogen-bond acceptors (Lipinski definition) is 4. The van der Waals surface area contributed by atoms with E-state index in [9.17, 15) is 0 Å². The lowest BCUT2D eigenvalue weighted by molar-refractivity contribution is 0.753. The quantitative estimate of drug-likeness (QED) is 0.805. The lowest BCUT2D eigenvalue weighted by Gasteiger charge is -2.14. The first kappa shape index (κ1) is 11.6. The van der Waals surface area contributed by atoms with E-state index in [0.29, 0.717) is 4.75 Å². The molecule has 1 unspecified atom stereocenters. The highest BCUT2D eigenvalue weighted by atomic mass is 32.2. The molecule has 2 rings (SSSR count). The molecule has 0 aromatic heterocycles. The molecule has 1 fully saturated rings. The zero-order chi connectivity index (χ0) is 10.7. The zero-order valence-corrected chi connectivity index (χ0v) is 11.2. The molecule has 1 atom stereocenters. The van der Waals surface area contributed by atoms with E-state index >= 15 is 0 Å². The highest BCUT2D eigenvalue weighted by molar-refractivity contribution is 8.14. The minimum absolute atomic E-state index is 0.548. The number of aliphatic imine (C=N–C) groups is 1. The van der Waals surface area contributed by atoms with Gasteiger partial charge in [-0.25, -0.2) is 0 Å². The highest BCUT2D eigenvalue weighted by Crippen LogP contribution is 2.46. The average Bonchev–Trinajstić information content (AvgIpc) is 2.91. The first-order valence-corrected chi connectivity index (χ1v) is 7.88. The van der Waals surface area contributed by atoms with Crippen LogP contribution in [0.25, 0.3) is 0 Å². The maximum Gasteiger partial charge on any atom is 0.156 e. The Morgan fingerprint density at radius 1 is 1.60 bits per heavy atom. The predicted octanol–water partition coefficient (Wildman–Crippen LogP) is 2.74. The number of amidine groups is 1. The van der Waals surface area contributed by atoms with Crippen molar-refractivity contribution in [1.29, 1.82) is 0 Å². The fourth-order valence-corrected chi connectivity index (χ4v) is 3.67. The van der Waals surface area contributed by atoms with Gasteiger partial charge in [-0.2, -0.15) is 11.8 Å². The van der Waals surface area contributed by atoms with Crippen LogP contribution in [-0.2, 0) is 0 Å². The Balaban J connectivity index is 1.68. The maximum absolute atomic E-state index is 4.56. The van der Waals surface area contributed by atoms with Crippen molar-refractivity contribution in [2.45, 2.75) is 42.6 Å². The van der Waals surface area contributed by atoms with Crippen molar-refractivity contribution in [3.63, 3.8) is 0 Å². The van der Waals surface area contributed by atoms with Gasteiger partial charge in [0.2, 0.25) is 0 Å². The van der Waals surface area contributed by atoms with Gasteiger partial charge in [0.25, 0.3) is 0 Å². The van der Waals surface area contributed by atoms with Crippen LogP contribution in [0.4, 0.5) is 0 Å². The summed E-state index contributed by atoms with van der Waals surface area (Å²) in [7, 11) is 0. The van der Waals surface area contributed by atoms with E-state index < -0.39 is 0 Å². The molecule has 15 heavy (non-hydrogen) atoms. The zero-order valence-electron chi connectivity index (χ0n) is 9.58. The van der Waals surface area contributed by atoms with Crippen molar-refractivity contribution in [3.05, 3.63) is 0 Å². The van der Waals surface area contributed by atoms with Crippen LogP contribution in [0.2, 0.25) is 0 Å². The van der Waals surface area contributed by atoms with Crippen LogP contribution in [0, 0.1) is 0 Å². The largest absolute Gasteiger partial charge is 0.364 e. The van der Waals surface area contributed by atoms with E-state index in [0.717, 1.165) is 18.3 Å². The van der Waals surface area contributed by atoms with Gasteiger partial charge in [0.15, 0.2) is 5.17 Å². The Morgan fingerprint density at radius 2 is 2.40 bits per heavy atom. The first-order chi connectivity index (χ1) is 7.28. The van der Waals surface area contributed by atoms with Crippen LogP contribution in [-0.4, -0.2) is 34.5 Å². The molecule has 0 radical (unpaired) electrons. The van der Waals surface area contributed by atoms with Gasteiger partial charge in [0, 0.05) is 16.5 Å². The summed E-state index contributed by atoms with van der Waals surface area (Å²) in [5.41, 5.74) is 0. The van der Waals surface area contributed by atoms with E-state index in [4.69, 9.17) is 0 Å². The Hall–Kier alpha value is 0.170. The predicted molar refractivity (Wildman–Crippen MR) is 72.1 cm³/mol. The molecule has 1 aliphatic carbocycles. The molecular formula is C11H20N2S2. The lowest BCUT2D eigenvalue weighted by Crippen LogP contribution is -2.29. The third kappa shape index (κ3) is 3.06. The Morgan fingerprint density at radius 3 is 3.00 bits per heavy atom. The van der Waals surface area contributed by atoms with Crippen molar-refractivity contribution in [1.82, 2.24) is 5.32 Å². The van der Waals surface area contributed by atoms with Gasteiger partial charge in [-0.05, 0) is 25.5 Å². The van der Waals surface area contributed by atoms with Crippen molar-refractivity contribution in [3.8, 4) is 0 Å². The Bertz CT molecular complexity index is 249. The monoisotopic (exact) mass is 244 g/mol. The third-order valence-electron chi connectivity index (χ3n) is 3.13. The number of rotatable bonds is 5. The van der Waals surface area contributed by atoms with Gasteiger partial charge in [0.05, 0.1) is 6.54 Å². The number of thioether (sulfide) groups is 2. The van der Waals surface area contributed by atoms with Crippen LogP contribution in [0.15, 0.2) is 4.99 Å². The summed E-state index contributed by atoms with van der Waals surface area (Å²) >= 11 is 3.95. The van der Waals surface area contributed by atoms with Crippen LogP contribution in [0.5, 0.6) is 0 Å². The van der Waals surface area contributed by atoms with E-state index in [1.807, 2.05) is 23.5 Å². The van der Waals surface area contributed by atoms with Gasteiger partial charge < -0.3 is 5.32 Å². The SMILES string of the molecule is CCCC1CN=C(NCC2(SC)CC2)S1. The first-order valence-electron chi connectivity index (χ1n) is 5.78. The summed E-state index contributed by atoms with van der Waals surface area (Å²) in [5, 5.41) is 5.44. The summed E-state index contributed by atoms with van der Waals surface area (Å²) < 4.78 is 0.548. The van der Waals surface area contributed by atoms with Crippen LogP contribution in [0.1, 0.15) is 32.6 Å². The fourth-order valence-electron chi connectivity index (χ4n) is 1.82. The smallest absolute Gasteiger partial charge is 0.156 e. The average molecular weight is 244 g/mol. The lowest BCUT2D eigenvalue weighted by atomic mass is 10.2. The molecule has 2 nitrogen and oxygen atoms in total. The standard InChI is InChI=1S/C11H20N2S2/c1-3-4-9-7-12-10(15-9)13-8-11(14-2)5-6-11/h9H,3-8H2,1-2H3,(H,12,13). The number of hydrogen-bond donors (Lipinski definition) is 1.